The van der Waals surface area contributed by atoms with E-state index in [1.54, 1.807) is 0 Å². The van der Waals surface area contributed by atoms with E-state index in [1.807, 2.05) is 0 Å². The highest BCUT2D eigenvalue weighted by Gasteiger charge is 2.27. The number of rotatable bonds is 2. The molecule has 0 aromatic heterocycles. The molecule has 2 aliphatic carbocycles. The van der Waals surface area contributed by atoms with Crippen molar-refractivity contribution < 1.29 is 20.4 Å². The number of hydrogen-bond acceptors (Lipinski definition) is 4. The van der Waals surface area contributed by atoms with Crippen molar-refractivity contribution in [1.82, 2.24) is 0 Å². The van der Waals surface area contributed by atoms with E-state index in [1.165, 1.54) is 0 Å². The van der Waals surface area contributed by atoms with Gasteiger partial charge >= 0.3 is 0 Å². The van der Waals surface area contributed by atoms with Crippen LogP contribution in [0.1, 0.15) is 25.7 Å². The Morgan fingerprint density at radius 1 is 0.714 bits per heavy atom. The predicted octanol–water partition coefficient (Wildman–Crippen LogP) is -0.501. The monoisotopic (exact) mass is 204 g/mol. The van der Waals surface area contributed by atoms with E-state index in [9.17, 15) is 0 Å². The van der Waals surface area contributed by atoms with Crippen molar-refractivity contribution in [3.05, 3.63) is 0 Å². The molecule has 0 aromatic rings. The molecule has 0 saturated heterocycles. The Kier molecular flexibility index (Phi) is 4.81. The summed E-state index contributed by atoms with van der Waals surface area (Å²) in [5, 5.41) is 34.3. The van der Waals surface area contributed by atoms with Crippen LogP contribution in [0.4, 0.5) is 0 Å². The summed E-state index contributed by atoms with van der Waals surface area (Å²) in [6.45, 7) is 0.308. The minimum absolute atomic E-state index is 0.154. The van der Waals surface area contributed by atoms with Crippen LogP contribution in [0.5, 0.6) is 0 Å². The molecular formula is C10H20O4. The van der Waals surface area contributed by atoms with Crippen molar-refractivity contribution in [2.75, 3.05) is 13.2 Å². The molecule has 2 fully saturated rings. The second-order valence-corrected chi connectivity index (χ2v) is 4.17. The molecule has 4 N–H and O–H groups in total. The van der Waals surface area contributed by atoms with Gasteiger partial charge < -0.3 is 20.4 Å². The summed E-state index contributed by atoms with van der Waals surface area (Å²) >= 11 is 0. The lowest BCUT2D eigenvalue weighted by atomic mass is 9.83. The Morgan fingerprint density at radius 2 is 1.07 bits per heavy atom. The SMILES string of the molecule is OC[C@@H]1CC[C@@H]1O.OC[C@H]1CC[C@H]1O. The van der Waals surface area contributed by atoms with Crippen LogP contribution in [0.15, 0.2) is 0 Å². The van der Waals surface area contributed by atoms with Crippen LogP contribution in [0, 0.1) is 11.8 Å². The van der Waals surface area contributed by atoms with Gasteiger partial charge in [-0.2, -0.15) is 0 Å². The Balaban J connectivity index is 0.000000140. The van der Waals surface area contributed by atoms with Crippen molar-refractivity contribution in [2.45, 2.75) is 37.9 Å². The molecule has 2 aliphatic rings. The van der Waals surface area contributed by atoms with Crippen molar-refractivity contribution >= 4 is 0 Å². The van der Waals surface area contributed by atoms with Crippen LogP contribution in [0.3, 0.4) is 0 Å². The van der Waals surface area contributed by atoms with Crippen molar-refractivity contribution in [1.29, 1.82) is 0 Å². The van der Waals surface area contributed by atoms with Gasteiger partial charge in [-0.25, -0.2) is 0 Å². The Hall–Kier alpha value is -0.160. The minimum atomic E-state index is -0.204. The Labute approximate surface area is 84.2 Å². The molecule has 0 bridgehead atoms. The zero-order chi connectivity index (χ0) is 10.6. The van der Waals surface area contributed by atoms with E-state index in [-0.39, 0.29) is 37.3 Å². The van der Waals surface area contributed by atoms with Crippen LogP contribution in [-0.2, 0) is 0 Å². The van der Waals surface area contributed by atoms with Gasteiger partial charge in [-0.1, -0.05) is 0 Å². The van der Waals surface area contributed by atoms with E-state index in [4.69, 9.17) is 20.4 Å². The second-order valence-electron chi connectivity index (χ2n) is 4.17. The van der Waals surface area contributed by atoms with Gasteiger partial charge in [-0.3, -0.25) is 0 Å². The molecule has 14 heavy (non-hydrogen) atoms. The largest absolute Gasteiger partial charge is 0.396 e. The molecule has 2 rings (SSSR count). The summed E-state index contributed by atoms with van der Waals surface area (Å²) in [5.41, 5.74) is 0. The smallest absolute Gasteiger partial charge is 0.0590 e. The Morgan fingerprint density at radius 3 is 1.07 bits per heavy atom. The fourth-order valence-electron chi connectivity index (χ4n) is 1.53. The number of hydrogen-bond donors (Lipinski definition) is 4. The zero-order valence-corrected chi connectivity index (χ0v) is 8.34. The maximum absolute atomic E-state index is 8.75. The van der Waals surface area contributed by atoms with Crippen LogP contribution >= 0.6 is 0 Å². The molecule has 0 amide bonds. The van der Waals surface area contributed by atoms with E-state index in [0.29, 0.717) is 0 Å². The highest BCUT2D eigenvalue weighted by molar-refractivity contribution is 4.78. The number of aliphatic hydroxyl groups excluding tert-OH is 4. The molecule has 4 atom stereocenters. The minimum Gasteiger partial charge on any atom is -0.396 e. The summed E-state index contributed by atoms with van der Waals surface area (Å²) in [6.07, 6.45) is 3.35. The zero-order valence-electron chi connectivity index (χ0n) is 8.34. The van der Waals surface area contributed by atoms with Crippen LogP contribution in [-0.4, -0.2) is 45.8 Å². The highest BCUT2D eigenvalue weighted by Crippen LogP contribution is 2.26. The van der Waals surface area contributed by atoms with E-state index < -0.39 is 0 Å². The topological polar surface area (TPSA) is 80.9 Å². The summed E-state index contributed by atoms with van der Waals surface area (Å²) < 4.78 is 0. The lowest BCUT2D eigenvalue weighted by Gasteiger charge is -2.30. The molecule has 0 spiro atoms. The van der Waals surface area contributed by atoms with Gasteiger partial charge in [0.05, 0.1) is 12.2 Å². The van der Waals surface area contributed by atoms with Gasteiger partial charge in [0.1, 0.15) is 0 Å². The predicted molar refractivity (Wildman–Crippen MR) is 51.6 cm³/mol. The third-order valence-corrected chi connectivity index (χ3v) is 3.22. The average molecular weight is 204 g/mol. The first-order chi connectivity index (χ1) is 6.69. The molecule has 2 saturated carbocycles. The fourth-order valence-corrected chi connectivity index (χ4v) is 1.53. The molecule has 0 unspecified atom stereocenters. The normalized spacial score (nSPS) is 40.3. The highest BCUT2D eigenvalue weighted by atomic mass is 16.3. The van der Waals surface area contributed by atoms with Gasteiger partial charge in [0.25, 0.3) is 0 Å². The van der Waals surface area contributed by atoms with Crippen molar-refractivity contribution in [3.8, 4) is 0 Å². The van der Waals surface area contributed by atoms with Crippen LogP contribution in [0.25, 0.3) is 0 Å². The van der Waals surface area contributed by atoms with Crippen LogP contribution < -0.4 is 0 Å². The van der Waals surface area contributed by atoms with Gasteiger partial charge in [-0.15, -0.1) is 0 Å². The van der Waals surface area contributed by atoms with Crippen molar-refractivity contribution in [2.24, 2.45) is 11.8 Å². The standard InChI is InChI=1S/2C5H10O2/c2*6-3-4-1-2-5(4)7/h2*4-7H,1-3H2/t2*4-,5-/m10/s1. The molecule has 4 heteroatoms. The first kappa shape index (κ1) is 11.9. The number of aliphatic hydroxyl groups is 4. The lowest BCUT2D eigenvalue weighted by Crippen LogP contribution is -2.33. The third kappa shape index (κ3) is 2.92. The maximum atomic E-state index is 8.75. The van der Waals surface area contributed by atoms with Gasteiger partial charge in [-0.05, 0) is 25.7 Å². The summed E-state index contributed by atoms with van der Waals surface area (Å²) in [5.74, 6) is 0.389. The quantitative estimate of drug-likeness (QED) is 0.489. The van der Waals surface area contributed by atoms with Crippen LogP contribution in [0.2, 0.25) is 0 Å². The van der Waals surface area contributed by atoms with Gasteiger partial charge in [0.2, 0.25) is 0 Å². The van der Waals surface area contributed by atoms with Crippen molar-refractivity contribution in [3.63, 3.8) is 0 Å². The molecule has 4 nitrogen and oxygen atoms in total. The first-order valence-electron chi connectivity index (χ1n) is 5.27. The van der Waals surface area contributed by atoms with E-state index >= 15 is 0 Å². The average Bonchev–Trinajstić information content (AvgIpc) is 2.16. The lowest BCUT2D eigenvalue weighted by molar-refractivity contribution is -0.00744. The summed E-state index contributed by atoms with van der Waals surface area (Å²) in [4.78, 5) is 0. The van der Waals surface area contributed by atoms with Gasteiger partial charge in [0, 0.05) is 25.0 Å². The van der Waals surface area contributed by atoms with E-state index in [2.05, 4.69) is 0 Å². The molecule has 0 aromatic carbocycles. The summed E-state index contributed by atoms with van der Waals surface area (Å²) in [6, 6.07) is 0. The molecule has 0 heterocycles. The van der Waals surface area contributed by atoms with E-state index in [0.717, 1.165) is 25.7 Å². The molecule has 84 valence electrons. The molecule has 0 radical (unpaired) electrons. The second kappa shape index (κ2) is 5.66. The maximum Gasteiger partial charge on any atom is 0.0590 e. The Bertz CT molecular complexity index is 140. The summed E-state index contributed by atoms with van der Waals surface area (Å²) in [7, 11) is 0. The molecular weight excluding hydrogens is 184 g/mol. The third-order valence-electron chi connectivity index (χ3n) is 3.22. The van der Waals surface area contributed by atoms with Gasteiger partial charge in [0.15, 0.2) is 0 Å². The first-order valence-corrected chi connectivity index (χ1v) is 5.27. The molecule has 0 aliphatic heterocycles. The fraction of sp³-hybridized carbons (Fsp3) is 1.00.